The van der Waals surface area contributed by atoms with E-state index >= 15 is 0 Å². The van der Waals surface area contributed by atoms with E-state index in [1.54, 1.807) is 0 Å². The number of anilines is 3. The summed E-state index contributed by atoms with van der Waals surface area (Å²) in [4.78, 5) is 2.48. The standard InChI is InChI=1S/C59H37NO/c1-2-16-40(17-3-1)57-43-18-5-4-15-38(43)31-36-55(57)60(41-32-29-39(30-33-41)44-23-14-24-50-49-22-9-13-28-56(49)61-58(44)50)42-34-35-48-47-21-8-12-27-53(47)59(54(48)37-42)51-25-10-6-19-45(51)46-20-7-11-26-52(46)59/h1-37H. The molecule has 2 heteroatoms. The molecule has 0 amide bonds. The van der Waals surface area contributed by atoms with Crippen LogP contribution in [0.5, 0.6) is 0 Å². The maximum atomic E-state index is 6.51. The summed E-state index contributed by atoms with van der Waals surface area (Å²) in [7, 11) is 0. The Labute approximate surface area is 354 Å². The van der Waals surface area contributed by atoms with Crippen LogP contribution in [0.2, 0.25) is 0 Å². The van der Waals surface area contributed by atoms with E-state index in [9.17, 15) is 0 Å². The number of hydrogen-bond acceptors (Lipinski definition) is 2. The Balaban J connectivity index is 1.07. The monoisotopic (exact) mass is 775 g/mol. The summed E-state index contributed by atoms with van der Waals surface area (Å²) < 4.78 is 6.51. The lowest BCUT2D eigenvalue weighted by atomic mass is 9.70. The number of fused-ring (bicyclic) bond motifs is 14. The highest BCUT2D eigenvalue weighted by molar-refractivity contribution is 6.10. The van der Waals surface area contributed by atoms with Gasteiger partial charge in [0.05, 0.1) is 11.1 Å². The topological polar surface area (TPSA) is 16.4 Å². The molecule has 1 aromatic heterocycles. The zero-order valence-corrected chi connectivity index (χ0v) is 33.2. The van der Waals surface area contributed by atoms with Crippen molar-refractivity contribution in [2.75, 3.05) is 4.90 Å². The van der Waals surface area contributed by atoms with Crippen molar-refractivity contribution in [2.45, 2.75) is 5.41 Å². The molecule has 284 valence electrons. The molecule has 2 aliphatic rings. The van der Waals surface area contributed by atoms with Crippen LogP contribution in [0.1, 0.15) is 22.3 Å². The minimum Gasteiger partial charge on any atom is -0.455 e. The van der Waals surface area contributed by atoms with Crippen LogP contribution < -0.4 is 4.90 Å². The minimum atomic E-state index is -0.457. The predicted octanol–water partition coefficient (Wildman–Crippen LogP) is 15.9. The van der Waals surface area contributed by atoms with Crippen LogP contribution in [0.4, 0.5) is 17.1 Å². The molecular formula is C59H37NO. The number of nitrogens with zero attached hydrogens (tertiary/aromatic N) is 1. The van der Waals surface area contributed by atoms with E-state index in [0.29, 0.717) is 0 Å². The maximum absolute atomic E-state index is 6.51. The molecule has 1 heterocycles. The van der Waals surface area contributed by atoms with Crippen LogP contribution in [0, 0.1) is 0 Å². The van der Waals surface area contributed by atoms with Gasteiger partial charge in [0.25, 0.3) is 0 Å². The highest BCUT2D eigenvalue weighted by Gasteiger charge is 2.51. The second-order valence-corrected chi connectivity index (χ2v) is 16.3. The van der Waals surface area contributed by atoms with E-state index in [4.69, 9.17) is 4.42 Å². The molecule has 0 aliphatic heterocycles. The Kier molecular flexibility index (Phi) is 7.26. The van der Waals surface area contributed by atoms with Gasteiger partial charge in [0.15, 0.2) is 0 Å². The normalized spacial score (nSPS) is 13.0. The Morgan fingerprint density at radius 1 is 0.344 bits per heavy atom. The molecule has 13 rings (SSSR count). The fourth-order valence-corrected chi connectivity index (χ4v) is 10.8. The molecule has 0 radical (unpaired) electrons. The van der Waals surface area contributed by atoms with E-state index in [2.05, 4.69) is 223 Å². The smallest absolute Gasteiger partial charge is 0.143 e. The molecular weight excluding hydrogens is 739 g/mol. The fourth-order valence-electron chi connectivity index (χ4n) is 10.8. The van der Waals surface area contributed by atoms with Crippen molar-refractivity contribution in [1.82, 2.24) is 0 Å². The lowest BCUT2D eigenvalue weighted by Crippen LogP contribution is -2.26. The van der Waals surface area contributed by atoms with Crippen molar-refractivity contribution in [2.24, 2.45) is 0 Å². The van der Waals surface area contributed by atoms with Crippen LogP contribution in [-0.2, 0) is 5.41 Å². The summed E-state index contributed by atoms with van der Waals surface area (Å²) >= 11 is 0. The second kappa shape index (κ2) is 13.0. The highest BCUT2D eigenvalue weighted by atomic mass is 16.3. The lowest BCUT2D eigenvalue weighted by molar-refractivity contribution is 0.670. The molecule has 61 heavy (non-hydrogen) atoms. The Morgan fingerprint density at radius 2 is 0.902 bits per heavy atom. The first-order valence-electron chi connectivity index (χ1n) is 21.1. The van der Waals surface area contributed by atoms with Crippen LogP contribution in [-0.4, -0.2) is 0 Å². The Morgan fingerprint density at radius 3 is 1.62 bits per heavy atom. The van der Waals surface area contributed by atoms with E-state index in [0.717, 1.165) is 50.1 Å². The molecule has 0 unspecified atom stereocenters. The van der Waals surface area contributed by atoms with Crippen molar-refractivity contribution in [3.8, 4) is 44.5 Å². The molecule has 2 aliphatic carbocycles. The third-order valence-corrected chi connectivity index (χ3v) is 13.3. The van der Waals surface area contributed by atoms with Gasteiger partial charge < -0.3 is 9.32 Å². The van der Waals surface area contributed by atoms with Gasteiger partial charge in [0, 0.05) is 33.3 Å². The number of benzene rings is 10. The first kappa shape index (κ1) is 34.0. The summed E-state index contributed by atoms with van der Waals surface area (Å²) in [5.41, 5.74) is 19.7. The van der Waals surface area contributed by atoms with Gasteiger partial charge in [-0.1, -0.05) is 188 Å². The summed E-state index contributed by atoms with van der Waals surface area (Å²) in [6.07, 6.45) is 0. The fraction of sp³-hybridized carbons (Fsp3) is 0.0169. The van der Waals surface area contributed by atoms with Gasteiger partial charge in [-0.25, -0.2) is 0 Å². The van der Waals surface area contributed by atoms with Gasteiger partial charge in [-0.05, 0) is 103 Å². The number of furan rings is 1. The zero-order valence-electron chi connectivity index (χ0n) is 33.2. The van der Waals surface area contributed by atoms with Gasteiger partial charge in [0.2, 0.25) is 0 Å². The molecule has 0 N–H and O–H groups in total. The average Bonchev–Trinajstić information content (AvgIpc) is 3.96. The summed E-state index contributed by atoms with van der Waals surface area (Å²) in [5, 5.41) is 4.69. The van der Waals surface area contributed by atoms with Gasteiger partial charge in [-0.2, -0.15) is 0 Å². The van der Waals surface area contributed by atoms with Gasteiger partial charge >= 0.3 is 0 Å². The maximum Gasteiger partial charge on any atom is 0.143 e. The first-order valence-corrected chi connectivity index (χ1v) is 21.1. The van der Waals surface area contributed by atoms with Gasteiger partial charge in [-0.3, -0.25) is 0 Å². The molecule has 0 bridgehead atoms. The van der Waals surface area contributed by atoms with E-state index in [1.807, 2.05) is 6.07 Å². The third-order valence-electron chi connectivity index (χ3n) is 13.3. The van der Waals surface area contributed by atoms with Crippen molar-refractivity contribution in [3.63, 3.8) is 0 Å². The van der Waals surface area contributed by atoms with Crippen molar-refractivity contribution < 1.29 is 4.42 Å². The second-order valence-electron chi connectivity index (χ2n) is 16.3. The van der Waals surface area contributed by atoms with Crippen LogP contribution in [0.3, 0.4) is 0 Å². The molecule has 0 saturated carbocycles. The summed E-state index contributed by atoms with van der Waals surface area (Å²) in [6.45, 7) is 0. The van der Waals surface area contributed by atoms with Crippen LogP contribution >= 0.6 is 0 Å². The van der Waals surface area contributed by atoms with E-state index in [1.165, 1.54) is 66.4 Å². The van der Waals surface area contributed by atoms with Gasteiger partial charge in [0.1, 0.15) is 11.2 Å². The van der Waals surface area contributed by atoms with E-state index < -0.39 is 5.41 Å². The summed E-state index contributed by atoms with van der Waals surface area (Å²) in [5.74, 6) is 0. The van der Waals surface area contributed by atoms with Gasteiger partial charge in [-0.15, -0.1) is 0 Å². The zero-order chi connectivity index (χ0) is 40.1. The molecule has 2 nitrogen and oxygen atoms in total. The summed E-state index contributed by atoms with van der Waals surface area (Å²) in [6, 6.07) is 82.3. The Hall–Kier alpha value is -7.94. The van der Waals surface area contributed by atoms with E-state index in [-0.39, 0.29) is 0 Å². The largest absolute Gasteiger partial charge is 0.455 e. The molecule has 0 atom stereocenters. The molecule has 1 spiro atoms. The average molecular weight is 776 g/mol. The Bertz CT molecular complexity index is 3480. The van der Waals surface area contributed by atoms with Crippen LogP contribution in [0.25, 0.3) is 77.2 Å². The SMILES string of the molecule is c1ccc(-c2c(N(c3ccc(-c4cccc5c4oc4ccccc45)cc3)c3ccc4c(c3)C3(c5ccccc5-c5ccccc53)c3ccccc3-4)ccc3ccccc23)cc1. The quantitative estimate of drug-likeness (QED) is 0.173. The van der Waals surface area contributed by atoms with Crippen LogP contribution in [0.15, 0.2) is 229 Å². The van der Waals surface area contributed by atoms with Crippen molar-refractivity contribution in [1.29, 1.82) is 0 Å². The molecule has 10 aromatic carbocycles. The molecule has 0 fully saturated rings. The number of rotatable bonds is 5. The first-order chi connectivity index (χ1) is 30.3. The third kappa shape index (κ3) is 4.79. The minimum absolute atomic E-state index is 0.457. The molecule has 11 aromatic rings. The lowest BCUT2D eigenvalue weighted by Gasteiger charge is -2.33. The predicted molar refractivity (Wildman–Crippen MR) is 253 cm³/mol. The number of hydrogen-bond donors (Lipinski definition) is 0. The van der Waals surface area contributed by atoms with Crippen molar-refractivity contribution in [3.05, 3.63) is 247 Å². The number of para-hydroxylation sites is 2. The molecule has 0 saturated heterocycles. The van der Waals surface area contributed by atoms with Crippen molar-refractivity contribution >= 4 is 49.8 Å². The highest BCUT2D eigenvalue weighted by Crippen LogP contribution is 2.63.